The number of aromatic amines is 1. The molecule has 0 aliphatic heterocycles. The maximum Gasteiger partial charge on any atom is 0.348 e. The first-order valence-corrected chi connectivity index (χ1v) is 8.31. The molecule has 1 unspecified atom stereocenters. The van der Waals surface area contributed by atoms with Gasteiger partial charge in [-0.1, -0.05) is 56.3 Å². The largest absolute Gasteiger partial charge is 0.478 e. The molecule has 0 bridgehead atoms. The molecule has 0 spiro atoms. The van der Waals surface area contributed by atoms with E-state index in [2.05, 4.69) is 15.1 Å². The number of H-pyrrole nitrogens is 1. The summed E-state index contributed by atoms with van der Waals surface area (Å²) in [7, 11) is 0. The van der Waals surface area contributed by atoms with Crippen LogP contribution < -0.4 is 0 Å². The first kappa shape index (κ1) is 17.7. The summed E-state index contributed by atoms with van der Waals surface area (Å²) in [6.45, 7) is 5.41. The molecular weight excluding hydrogens is 330 g/mol. The Labute approximate surface area is 151 Å². The van der Waals surface area contributed by atoms with E-state index in [0.717, 1.165) is 22.2 Å². The zero-order chi connectivity index (χ0) is 18.7. The highest BCUT2D eigenvalue weighted by molar-refractivity contribution is 6.13. The van der Waals surface area contributed by atoms with Gasteiger partial charge in [0.1, 0.15) is 5.71 Å². The zero-order valence-corrected chi connectivity index (χ0v) is 14.9. The van der Waals surface area contributed by atoms with Crippen LogP contribution in [-0.4, -0.2) is 32.9 Å². The Kier molecular flexibility index (Phi) is 4.75. The van der Waals surface area contributed by atoms with Gasteiger partial charge < -0.3 is 14.9 Å². The Morgan fingerprint density at radius 2 is 1.96 bits per heavy atom. The molecule has 2 heterocycles. The topological polar surface area (TPSA) is 87.6 Å². The van der Waals surface area contributed by atoms with Crippen molar-refractivity contribution in [2.75, 3.05) is 0 Å². The number of rotatable bonds is 5. The minimum atomic E-state index is -1.06. The van der Waals surface area contributed by atoms with Crippen LogP contribution in [0.3, 0.4) is 0 Å². The maximum atomic E-state index is 11.6. The van der Waals surface area contributed by atoms with Gasteiger partial charge in [0, 0.05) is 22.6 Å². The molecule has 1 atom stereocenters. The molecule has 3 aromatic rings. The van der Waals surface area contributed by atoms with Crippen LogP contribution in [0, 0.1) is 5.41 Å². The zero-order valence-electron chi connectivity index (χ0n) is 14.9. The summed E-state index contributed by atoms with van der Waals surface area (Å²) < 4.78 is 0. The van der Waals surface area contributed by atoms with Crippen LogP contribution in [0.2, 0.25) is 0 Å². The predicted octanol–water partition coefficient (Wildman–Crippen LogP) is 3.83. The van der Waals surface area contributed by atoms with E-state index >= 15 is 0 Å². The lowest BCUT2D eigenvalue weighted by Gasteiger charge is -2.24. The number of pyridine rings is 1. The summed E-state index contributed by atoms with van der Waals surface area (Å²) >= 11 is 0. The summed E-state index contributed by atoms with van der Waals surface area (Å²) in [6, 6.07) is 13.3. The first-order valence-electron chi connectivity index (χ1n) is 8.31. The van der Waals surface area contributed by atoms with Crippen molar-refractivity contribution in [3.8, 4) is 0 Å². The molecule has 0 aliphatic rings. The lowest BCUT2D eigenvalue weighted by atomic mass is 9.89. The van der Waals surface area contributed by atoms with Gasteiger partial charge in [-0.15, -0.1) is 0 Å². The van der Waals surface area contributed by atoms with E-state index in [9.17, 15) is 9.90 Å². The van der Waals surface area contributed by atoms with Crippen molar-refractivity contribution >= 4 is 22.6 Å². The van der Waals surface area contributed by atoms with Crippen molar-refractivity contribution < 1.29 is 14.7 Å². The Balaban J connectivity index is 2.05. The number of oxime groups is 1. The number of benzene rings is 1. The Hall–Kier alpha value is -3.15. The average Bonchev–Trinajstić information content (AvgIpc) is 3.01. The van der Waals surface area contributed by atoms with E-state index in [1.807, 2.05) is 42.5 Å². The van der Waals surface area contributed by atoms with Crippen LogP contribution in [0.25, 0.3) is 10.9 Å². The van der Waals surface area contributed by atoms with Gasteiger partial charge in [-0.2, -0.15) is 0 Å². The van der Waals surface area contributed by atoms with Crippen LogP contribution in [0.15, 0.2) is 60.0 Å². The molecule has 0 radical (unpaired) electrons. The summed E-state index contributed by atoms with van der Waals surface area (Å²) in [5, 5.41) is 14.7. The van der Waals surface area contributed by atoms with Gasteiger partial charge in [-0.05, 0) is 12.1 Å². The Morgan fingerprint density at radius 1 is 1.23 bits per heavy atom. The standard InChI is InChI=1S/C20H21N3O3/c1-20(2,3)18(19(24)25)26-23-17(13-7-5-4-6-8-13)15-11-14-9-10-21-12-16(14)22-15/h4-12,18,22H,1-3H3,(H,24,25)/b23-17+. The molecule has 2 N–H and O–H groups in total. The summed E-state index contributed by atoms with van der Waals surface area (Å²) in [4.78, 5) is 24.4. The number of nitrogens with zero attached hydrogens (tertiary/aromatic N) is 2. The molecule has 2 aromatic heterocycles. The molecular formula is C20H21N3O3. The summed E-state index contributed by atoms with van der Waals surface area (Å²) in [5.41, 5.74) is 2.37. The van der Waals surface area contributed by atoms with Gasteiger partial charge >= 0.3 is 5.97 Å². The van der Waals surface area contributed by atoms with E-state index in [1.54, 1.807) is 33.2 Å². The van der Waals surface area contributed by atoms with Crippen molar-refractivity contribution in [1.82, 2.24) is 9.97 Å². The summed E-state index contributed by atoms with van der Waals surface area (Å²) in [6.07, 6.45) is 2.39. The SMILES string of the molecule is CC(C)(C)C(O/N=C(\c1ccccc1)c1cc2ccncc2[nH]1)C(=O)O. The third-order valence-corrected chi connectivity index (χ3v) is 3.99. The fourth-order valence-corrected chi connectivity index (χ4v) is 2.63. The van der Waals surface area contributed by atoms with Crippen molar-refractivity contribution in [3.63, 3.8) is 0 Å². The maximum absolute atomic E-state index is 11.6. The van der Waals surface area contributed by atoms with Crippen LogP contribution in [-0.2, 0) is 9.63 Å². The number of carbonyl (C=O) groups is 1. The Bertz CT molecular complexity index is 907. The number of nitrogens with one attached hydrogen (secondary N) is 1. The van der Waals surface area contributed by atoms with Crippen LogP contribution in [0.1, 0.15) is 32.0 Å². The quantitative estimate of drug-likeness (QED) is 0.540. The van der Waals surface area contributed by atoms with E-state index in [4.69, 9.17) is 4.84 Å². The van der Waals surface area contributed by atoms with Gasteiger partial charge in [0.05, 0.1) is 17.4 Å². The molecule has 0 saturated heterocycles. The van der Waals surface area contributed by atoms with Gasteiger partial charge in [0.15, 0.2) is 0 Å². The molecule has 6 nitrogen and oxygen atoms in total. The van der Waals surface area contributed by atoms with E-state index in [0.29, 0.717) is 5.71 Å². The highest BCUT2D eigenvalue weighted by Crippen LogP contribution is 2.24. The predicted molar refractivity (Wildman–Crippen MR) is 100 cm³/mol. The number of carboxylic acid groups (broad SMARTS) is 1. The van der Waals surface area contributed by atoms with Crippen molar-refractivity contribution in [3.05, 3.63) is 66.1 Å². The second-order valence-electron chi connectivity index (χ2n) is 7.14. The second kappa shape index (κ2) is 7.00. The molecule has 6 heteroatoms. The molecule has 134 valence electrons. The van der Waals surface area contributed by atoms with Gasteiger partial charge in [0.2, 0.25) is 6.10 Å². The van der Waals surface area contributed by atoms with Crippen molar-refractivity contribution in [1.29, 1.82) is 0 Å². The summed E-state index contributed by atoms with van der Waals surface area (Å²) in [5.74, 6) is -1.05. The van der Waals surface area contributed by atoms with E-state index in [-0.39, 0.29) is 0 Å². The van der Waals surface area contributed by atoms with Gasteiger partial charge in [-0.25, -0.2) is 4.79 Å². The monoisotopic (exact) mass is 351 g/mol. The minimum absolute atomic E-state index is 0.539. The molecule has 0 amide bonds. The normalized spacial score (nSPS) is 13.6. The fraction of sp³-hybridized carbons (Fsp3) is 0.250. The molecule has 1 aromatic carbocycles. The molecule has 0 saturated carbocycles. The number of fused-ring (bicyclic) bond motifs is 1. The molecule has 26 heavy (non-hydrogen) atoms. The Morgan fingerprint density at radius 3 is 2.58 bits per heavy atom. The van der Waals surface area contributed by atoms with Crippen LogP contribution in [0.5, 0.6) is 0 Å². The minimum Gasteiger partial charge on any atom is -0.478 e. The van der Waals surface area contributed by atoms with Gasteiger partial charge in [0.25, 0.3) is 0 Å². The molecule has 0 aliphatic carbocycles. The number of aliphatic carboxylic acids is 1. The highest BCUT2D eigenvalue weighted by Gasteiger charge is 2.34. The van der Waals surface area contributed by atoms with Crippen LogP contribution in [0.4, 0.5) is 0 Å². The van der Waals surface area contributed by atoms with Crippen molar-refractivity contribution in [2.24, 2.45) is 10.6 Å². The fourth-order valence-electron chi connectivity index (χ4n) is 2.63. The highest BCUT2D eigenvalue weighted by atomic mass is 16.7. The van der Waals surface area contributed by atoms with Crippen LogP contribution >= 0.6 is 0 Å². The third-order valence-electron chi connectivity index (χ3n) is 3.99. The lowest BCUT2D eigenvalue weighted by Crippen LogP contribution is -2.36. The number of carboxylic acids is 1. The average molecular weight is 351 g/mol. The second-order valence-corrected chi connectivity index (χ2v) is 7.14. The van der Waals surface area contributed by atoms with E-state index in [1.165, 1.54) is 0 Å². The van der Waals surface area contributed by atoms with Gasteiger partial charge in [-0.3, -0.25) is 4.98 Å². The number of hydrogen-bond donors (Lipinski definition) is 2. The molecule has 0 fully saturated rings. The molecule has 3 rings (SSSR count). The third kappa shape index (κ3) is 3.74. The number of hydrogen-bond acceptors (Lipinski definition) is 4. The van der Waals surface area contributed by atoms with E-state index < -0.39 is 17.5 Å². The number of aromatic nitrogens is 2. The smallest absolute Gasteiger partial charge is 0.348 e. The van der Waals surface area contributed by atoms with Crippen molar-refractivity contribution in [2.45, 2.75) is 26.9 Å². The lowest BCUT2D eigenvalue weighted by molar-refractivity contribution is -0.158. The first-order chi connectivity index (χ1) is 12.4.